The lowest BCUT2D eigenvalue weighted by atomic mass is 10.3. The molecule has 0 spiro atoms. The molecule has 3 aromatic rings. The number of nitrogens with two attached hydrogens (primary N) is 1. The highest BCUT2D eigenvalue weighted by molar-refractivity contribution is 8.00. The van der Waals surface area contributed by atoms with E-state index < -0.39 is 10.0 Å². The molecule has 3 aromatic carbocycles. The summed E-state index contributed by atoms with van der Waals surface area (Å²) in [5, 5.41) is 0. The second kappa shape index (κ2) is 7.72. The smallest absolute Gasteiger partial charge is 0.263 e. The second-order valence-corrected chi connectivity index (χ2v) is 8.19. The van der Waals surface area contributed by atoms with Crippen LogP contribution in [0.5, 0.6) is 5.75 Å². The van der Waals surface area contributed by atoms with Crippen LogP contribution in [0.15, 0.2) is 87.5 Å². The molecule has 0 unspecified atom stereocenters. The molecule has 0 aliphatic rings. The number of benzene rings is 3. The van der Waals surface area contributed by atoms with Crippen LogP contribution in [0.1, 0.15) is 0 Å². The maximum Gasteiger partial charge on any atom is 0.263 e. The highest BCUT2D eigenvalue weighted by atomic mass is 32.2. The number of rotatable bonds is 6. The van der Waals surface area contributed by atoms with Crippen LogP contribution in [-0.2, 0) is 10.0 Å². The van der Waals surface area contributed by atoms with Crippen molar-refractivity contribution in [2.45, 2.75) is 14.7 Å². The molecule has 0 saturated carbocycles. The third kappa shape index (κ3) is 4.12. The molecule has 0 bridgehead atoms. The van der Waals surface area contributed by atoms with Crippen molar-refractivity contribution in [3.63, 3.8) is 0 Å². The van der Waals surface area contributed by atoms with Crippen LogP contribution in [0, 0.1) is 0 Å². The fourth-order valence-electron chi connectivity index (χ4n) is 2.35. The molecule has 0 amide bonds. The number of anilines is 2. The number of nitrogen functional groups attached to an aromatic ring is 1. The van der Waals surface area contributed by atoms with Gasteiger partial charge in [0.05, 0.1) is 12.8 Å². The van der Waals surface area contributed by atoms with E-state index in [4.69, 9.17) is 10.5 Å². The summed E-state index contributed by atoms with van der Waals surface area (Å²) in [5.41, 5.74) is 6.76. The SMILES string of the molecule is COc1ccccc1NS(=O)(=O)c1ccccc1Sc1ccc(N)cc1. The molecule has 7 heteroatoms. The van der Waals surface area contributed by atoms with Crippen molar-refractivity contribution >= 4 is 33.2 Å². The first kappa shape index (κ1) is 18.2. The van der Waals surface area contributed by atoms with Gasteiger partial charge in [-0.25, -0.2) is 8.42 Å². The first-order valence-electron chi connectivity index (χ1n) is 7.78. The lowest BCUT2D eigenvalue weighted by molar-refractivity contribution is 0.417. The van der Waals surface area contributed by atoms with E-state index in [0.717, 1.165) is 4.90 Å². The maximum absolute atomic E-state index is 12.9. The summed E-state index contributed by atoms with van der Waals surface area (Å²) in [5.74, 6) is 0.458. The molecular weight excluding hydrogens is 368 g/mol. The molecule has 0 aliphatic heterocycles. The Hall–Kier alpha value is -2.64. The molecule has 0 fully saturated rings. The number of hydrogen-bond donors (Lipinski definition) is 2. The Bertz CT molecular complexity index is 1000. The van der Waals surface area contributed by atoms with Gasteiger partial charge in [-0.2, -0.15) is 0 Å². The molecule has 3 N–H and O–H groups in total. The van der Waals surface area contributed by atoms with Crippen molar-refractivity contribution in [2.75, 3.05) is 17.6 Å². The van der Waals surface area contributed by atoms with Gasteiger partial charge in [-0.1, -0.05) is 36.0 Å². The lowest BCUT2D eigenvalue weighted by Gasteiger charge is -2.14. The van der Waals surface area contributed by atoms with Crippen molar-refractivity contribution in [1.29, 1.82) is 0 Å². The fraction of sp³-hybridized carbons (Fsp3) is 0.0526. The van der Waals surface area contributed by atoms with Crippen molar-refractivity contribution in [3.05, 3.63) is 72.8 Å². The molecule has 0 saturated heterocycles. The molecule has 26 heavy (non-hydrogen) atoms. The number of sulfonamides is 1. The highest BCUT2D eigenvalue weighted by Crippen LogP contribution is 2.34. The van der Waals surface area contributed by atoms with Gasteiger partial charge >= 0.3 is 0 Å². The molecule has 0 atom stereocenters. The Kier molecular flexibility index (Phi) is 5.39. The minimum absolute atomic E-state index is 0.202. The molecule has 5 nitrogen and oxygen atoms in total. The minimum atomic E-state index is -3.78. The van der Waals surface area contributed by atoms with Crippen LogP contribution in [0.2, 0.25) is 0 Å². The summed E-state index contributed by atoms with van der Waals surface area (Å²) in [6.07, 6.45) is 0. The zero-order chi connectivity index (χ0) is 18.6. The quantitative estimate of drug-likeness (QED) is 0.620. The minimum Gasteiger partial charge on any atom is -0.495 e. The summed E-state index contributed by atoms with van der Waals surface area (Å²) in [7, 11) is -2.28. The largest absolute Gasteiger partial charge is 0.495 e. The van der Waals surface area contributed by atoms with Crippen LogP contribution >= 0.6 is 11.8 Å². The van der Waals surface area contributed by atoms with Crippen molar-refractivity contribution in [2.24, 2.45) is 0 Å². The number of methoxy groups -OCH3 is 1. The zero-order valence-electron chi connectivity index (χ0n) is 14.0. The normalized spacial score (nSPS) is 11.1. The van der Waals surface area contributed by atoms with Crippen molar-refractivity contribution in [1.82, 2.24) is 0 Å². The summed E-state index contributed by atoms with van der Waals surface area (Å²) < 4.78 is 33.7. The molecule has 0 aromatic heterocycles. The van der Waals surface area contributed by atoms with Crippen molar-refractivity contribution < 1.29 is 13.2 Å². The van der Waals surface area contributed by atoms with Crippen molar-refractivity contribution in [3.8, 4) is 5.75 Å². The first-order valence-corrected chi connectivity index (χ1v) is 10.1. The van der Waals surface area contributed by atoms with Gasteiger partial charge in [0.15, 0.2) is 0 Å². The number of nitrogens with one attached hydrogen (secondary N) is 1. The van der Waals surface area contributed by atoms with E-state index in [1.165, 1.54) is 18.9 Å². The van der Waals surface area contributed by atoms with Gasteiger partial charge in [0.2, 0.25) is 0 Å². The lowest BCUT2D eigenvalue weighted by Crippen LogP contribution is -2.14. The highest BCUT2D eigenvalue weighted by Gasteiger charge is 2.20. The van der Waals surface area contributed by atoms with Gasteiger partial charge < -0.3 is 10.5 Å². The third-order valence-corrected chi connectivity index (χ3v) is 6.23. The Morgan fingerprint density at radius 2 is 1.58 bits per heavy atom. The van der Waals surface area contributed by atoms with Crippen LogP contribution in [0.25, 0.3) is 0 Å². The molecule has 3 rings (SSSR count). The Balaban J connectivity index is 1.94. The monoisotopic (exact) mass is 386 g/mol. The topological polar surface area (TPSA) is 81.4 Å². The van der Waals surface area contributed by atoms with E-state index in [0.29, 0.717) is 22.0 Å². The van der Waals surface area contributed by atoms with E-state index in [1.807, 2.05) is 18.2 Å². The van der Waals surface area contributed by atoms with Crippen LogP contribution in [-0.4, -0.2) is 15.5 Å². The predicted octanol–water partition coefficient (Wildman–Crippen LogP) is 4.23. The Morgan fingerprint density at radius 3 is 2.31 bits per heavy atom. The van der Waals surface area contributed by atoms with Gasteiger partial charge in [-0.05, 0) is 48.5 Å². The fourth-order valence-corrected chi connectivity index (χ4v) is 4.80. The number of hydrogen-bond acceptors (Lipinski definition) is 5. The van der Waals surface area contributed by atoms with Crippen LogP contribution < -0.4 is 15.2 Å². The average molecular weight is 386 g/mol. The van der Waals surface area contributed by atoms with Gasteiger partial charge in [-0.15, -0.1) is 0 Å². The molecule has 134 valence electrons. The Labute approximate surface area is 157 Å². The molecule has 0 radical (unpaired) electrons. The third-order valence-electron chi connectivity index (χ3n) is 3.60. The van der Waals surface area contributed by atoms with Gasteiger partial charge in [0.25, 0.3) is 10.0 Å². The van der Waals surface area contributed by atoms with Gasteiger partial charge in [0, 0.05) is 15.5 Å². The molecular formula is C19H18N2O3S2. The first-order chi connectivity index (χ1) is 12.5. The van der Waals surface area contributed by atoms with E-state index in [9.17, 15) is 8.42 Å². The standard InChI is InChI=1S/C19H18N2O3S2/c1-24-17-7-3-2-6-16(17)21-26(22,23)19-9-5-4-8-18(19)25-15-12-10-14(20)11-13-15/h2-13,21H,20H2,1H3. The average Bonchev–Trinajstić information content (AvgIpc) is 2.64. The predicted molar refractivity (Wildman–Crippen MR) is 105 cm³/mol. The maximum atomic E-state index is 12.9. The van der Waals surface area contributed by atoms with Crippen LogP contribution in [0.4, 0.5) is 11.4 Å². The number of para-hydroxylation sites is 2. The zero-order valence-corrected chi connectivity index (χ0v) is 15.7. The summed E-state index contributed by atoms with van der Waals surface area (Å²) in [6, 6.07) is 21.0. The van der Waals surface area contributed by atoms with Crippen LogP contribution in [0.3, 0.4) is 0 Å². The van der Waals surface area contributed by atoms with E-state index in [1.54, 1.807) is 54.6 Å². The molecule has 0 heterocycles. The number of ether oxygens (including phenoxy) is 1. The van der Waals surface area contributed by atoms with E-state index >= 15 is 0 Å². The van der Waals surface area contributed by atoms with Gasteiger partial charge in [0.1, 0.15) is 10.6 Å². The summed E-state index contributed by atoms with van der Waals surface area (Å²) >= 11 is 1.36. The summed E-state index contributed by atoms with van der Waals surface area (Å²) in [6.45, 7) is 0. The second-order valence-electron chi connectivity index (χ2n) is 5.42. The molecule has 0 aliphatic carbocycles. The van der Waals surface area contributed by atoms with Gasteiger partial charge in [-0.3, -0.25) is 4.72 Å². The van der Waals surface area contributed by atoms with E-state index in [-0.39, 0.29) is 4.90 Å². The summed E-state index contributed by atoms with van der Waals surface area (Å²) in [4.78, 5) is 1.73. The van der Waals surface area contributed by atoms with E-state index in [2.05, 4.69) is 4.72 Å². The Morgan fingerprint density at radius 1 is 0.923 bits per heavy atom.